The van der Waals surface area contributed by atoms with Crippen LogP contribution in [-0.4, -0.2) is 12.4 Å². The number of nitrogens with zero attached hydrogens (tertiary/aromatic N) is 2. The molecule has 9 heavy (non-hydrogen) atoms. The van der Waals surface area contributed by atoms with Gasteiger partial charge in [-0.05, 0) is 6.92 Å². The van der Waals surface area contributed by atoms with Crippen LogP contribution in [0.1, 0.15) is 6.92 Å². The first kappa shape index (κ1) is 6.40. The van der Waals surface area contributed by atoms with Crippen LogP contribution in [0.2, 0.25) is 0 Å². The van der Waals surface area contributed by atoms with Gasteiger partial charge in [0.1, 0.15) is 12.4 Å². The molecular weight excluding hydrogens is 111 g/mol. The number of aryl methyl sites for hydroxylation is 2. The van der Waals surface area contributed by atoms with Crippen LogP contribution in [0.3, 0.4) is 0 Å². The Morgan fingerprint density at radius 1 is 1.78 bits per heavy atom. The third kappa shape index (κ3) is 0.993. The van der Waals surface area contributed by atoms with E-state index in [0.717, 1.165) is 12.3 Å². The molecule has 0 spiro atoms. The van der Waals surface area contributed by atoms with Gasteiger partial charge in [0.25, 0.3) is 0 Å². The molecule has 1 heterocycles. The highest BCUT2D eigenvalue weighted by Gasteiger charge is 2.03. The van der Waals surface area contributed by atoms with Crippen molar-refractivity contribution in [3.05, 3.63) is 12.4 Å². The predicted molar refractivity (Wildman–Crippen MR) is 36.7 cm³/mol. The van der Waals surface area contributed by atoms with E-state index in [4.69, 9.17) is 7.85 Å². The zero-order valence-electron chi connectivity index (χ0n) is 5.83. The SMILES string of the molecule is [B]c1n(CC)cc[n+]1C. The fraction of sp³-hybridized carbons (Fsp3) is 0.500. The summed E-state index contributed by atoms with van der Waals surface area (Å²) in [6.07, 6.45) is 3.91. The van der Waals surface area contributed by atoms with Crippen LogP contribution in [0.25, 0.3) is 0 Å². The smallest absolute Gasteiger partial charge is 0.239 e. The Bertz CT molecular complexity index is 205. The van der Waals surface area contributed by atoms with Gasteiger partial charge in [-0.2, -0.15) is 0 Å². The van der Waals surface area contributed by atoms with Crippen molar-refractivity contribution in [3.63, 3.8) is 0 Å². The van der Waals surface area contributed by atoms with Crippen molar-refractivity contribution < 1.29 is 4.57 Å². The monoisotopic (exact) mass is 121 g/mol. The van der Waals surface area contributed by atoms with Crippen molar-refractivity contribution in [1.29, 1.82) is 0 Å². The summed E-state index contributed by atoms with van der Waals surface area (Å²) in [5, 5.41) is 0. The molecule has 2 nitrogen and oxygen atoms in total. The van der Waals surface area contributed by atoms with Gasteiger partial charge >= 0.3 is 0 Å². The molecule has 0 unspecified atom stereocenters. The minimum Gasteiger partial charge on any atom is -0.248 e. The van der Waals surface area contributed by atoms with E-state index in [9.17, 15) is 0 Å². The Kier molecular flexibility index (Phi) is 1.60. The molecule has 0 aliphatic heterocycles. The molecule has 0 aliphatic rings. The third-order valence-electron chi connectivity index (χ3n) is 1.47. The van der Waals surface area contributed by atoms with Crippen molar-refractivity contribution in [3.8, 4) is 0 Å². The Morgan fingerprint density at radius 3 is 2.67 bits per heavy atom. The topological polar surface area (TPSA) is 8.81 Å². The van der Waals surface area contributed by atoms with E-state index in [-0.39, 0.29) is 0 Å². The van der Waals surface area contributed by atoms with Crippen molar-refractivity contribution in [1.82, 2.24) is 4.57 Å². The highest BCUT2D eigenvalue weighted by Crippen LogP contribution is 1.76. The van der Waals surface area contributed by atoms with E-state index in [0.29, 0.717) is 0 Å². The molecule has 0 saturated heterocycles. The maximum Gasteiger partial charge on any atom is 0.239 e. The largest absolute Gasteiger partial charge is 0.248 e. The summed E-state index contributed by atoms with van der Waals surface area (Å²) in [6, 6.07) is 0. The van der Waals surface area contributed by atoms with Crippen LogP contribution in [0.15, 0.2) is 12.4 Å². The Balaban J connectivity index is 3.04. The molecule has 1 rings (SSSR count). The van der Waals surface area contributed by atoms with E-state index in [1.54, 1.807) is 0 Å². The molecule has 2 radical (unpaired) electrons. The maximum absolute atomic E-state index is 5.64. The molecule has 3 heteroatoms. The average molecular weight is 121 g/mol. The fourth-order valence-electron chi connectivity index (χ4n) is 0.803. The lowest BCUT2D eigenvalue weighted by atomic mass is 10.1. The van der Waals surface area contributed by atoms with Crippen LogP contribution in [0.4, 0.5) is 0 Å². The molecule has 0 bridgehead atoms. The van der Waals surface area contributed by atoms with Gasteiger partial charge < -0.3 is 0 Å². The first-order valence-corrected chi connectivity index (χ1v) is 3.06. The van der Waals surface area contributed by atoms with E-state index in [1.165, 1.54) is 0 Å². The zero-order valence-corrected chi connectivity index (χ0v) is 5.83. The highest BCUT2D eigenvalue weighted by atomic mass is 15.1. The average Bonchev–Trinajstić information content (AvgIpc) is 2.15. The second-order valence-electron chi connectivity index (χ2n) is 2.05. The minimum absolute atomic E-state index is 0.803. The number of hydrogen-bond donors (Lipinski definition) is 0. The summed E-state index contributed by atoms with van der Waals surface area (Å²) in [5.74, 6) is 0. The normalized spacial score (nSPS) is 10.0. The van der Waals surface area contributed by atoms with Gasteiger partial charge in [0, 0.05) is 0 Å². The molecule has 0 fully saturated rings. The molecule has 0 aromatic carbocycles. The van der Waals surface area contributed by atoms with E-state index < -0.39 is 0 Å². The molecule has 1 aromatic rings. The van der Waals surface area contributed by atoms with Gasteiger partial charge in [-0.1, -0.05) is 0 Å². The quantitative estimate of drug-likeness (QED) is 0.337. The number of hydrogen-bond acceptors (Lipinski definition) is 0. The lowest BCUT2D eigenvalue weighted by molar-refractivity contribution is -0.652. The van der Waals surface area contributed by atoms with Gasteiger partial charge in [-0.25, -0.2) is 9.13 Å². The number of imidazole rings is 1. The summed E-state index contributed by atoms with van der Waals surface area (Å²) in [4.78, 5) is 0. The van der Waals surface area contributed by atoms with Crippen molar-refractivity contribution >= 4 is 13.6 Å². The zero-order chi connectivity index (χ0) is 6.85. The first-order chi connectivity index (χ1) is 4.25. The Labute approximate surface area is 56.5 Å². The minimum atomic E-state index is 0.803. The van der Waals surface area contributed by atoms with Gasteiger partial charge in [-0.15, -0.1) is 0 Å². The molecule has 0 N–H and O–H groups in total. The molecular formula is C6H10BN2+. The van der Waals surface area contributed by atoms with Gasteiger partial charge in [0.05, 0.1) is 13.6 Å². The molecule has 0 saturated carbocycles. The van der Waals surface area contributed by atoms with Crippen LogP contribution in [-0.2, 0) is 13.6 Å². The number of aromatic nitrogens is 2. The van der Waals surface area contributed by atoms with Crippen molar-refractivity contribution in [2.75, 3.05) is 0 Å². The lowest BCUT2D eigenvalue weighted by Crippen LogP contribution is -2.46. The van der Waals surface area contributed by atoms with Gasteiger partial charge in [0.15, 0.2) is 5.72 Å². The summed E-state index contributed by atoms with van der Waals surface area (Å²) >= 11 is 0. The predicted octanol–water partition coefficient (Wildman–Crippen LogP) is -0.874. The lowest BCUT2D eigenvalue weighted by Gasteiger charge is -1.91. The van der Waals surface area contributed by atoms with E-state index in [1.807, 2.05) is 28.6 Å². The second kappa shape index (κ2) is 2.25. The first-order valence-electron chi connectivity index (χ1n) is 3.06. The number of rotatable bonds is 1. The summed E-state index contributed by atoms with van der Waals surface area (Å²) in [7, 11) is 7.57. The Hall–Kier alpha value is -0.725. The summed E-state index contributed by atoms with van der Waals surface area (Å²) in [6.45, 7) is 3.00. The van der Waals surface area contributed by atoms with Gasteiger partial charge in [0.2, 0.25) is 7.85 Å². The van der Waals surface area contributed by atoms with Crippen LogP contribution in [0, 0.1) is 0 Å². The third-order valence-corrected chi connectivity index (χ3v) is 1.47. The molecule has 1 aromatic heterocycles. The van der Waals surface area contributed by atoms with Crippen molar-refractivity contribution in [2.45, 2.75) is 13.5 Å². The molecule has 0 amide bonds. The molecule has 0 atom stereocenters. The van der Waals surface area contributed by atoms with E-state index >= 15 is 0 Å². The van der Waals surface area contributed by atoms with Crippen LogP contribution < -0.4 is 10.3 Å². The molecule has 46 valence electrons. The van der Waals surface area contributed by atoms with Crippen LogP contribution in [0.5, 0.6) is 0 Å². The summed E-state index contributed by atoms with van der Waals surface area (Å²) in [5.41, 5.74) is 0.803. The summed E-state index contributed by atoms with van der Waals surface area (Å²) < 4.78 is 3.88. The maximum atomic E-state index is 5.64. The standard InChI is InChI=1S/C6H10BN2/c1-3-9-5-4-8(2)6(9)7/h4-5H,3H2,1-2H3/q+1. The van der Waals surface area contributed by atoms with Crippen molar-refractivity contribution in [2.24, 2.45) is 7.05 Å². The Morgan fingerprint density at radius 2 is 2.44 bits per heavy atom. The second-order valence-corrected chi connectivity index (χ2v) is 2.05. The van der Waals surface area contributed by atoms with Gasteiger partial charge in [-0.3, -0.25) is 0 Å². The highest BCUT2D eigenvalue weighted by molar-refractivity contribution is 6.27. The fourth-order valence-corrected chi connectivity index (χ4v) is 0.803. The molecule has 0 aliphatic carbocycles. The van der Waals surface area contributed by atoms with Crippen LogP contribution >= 0.6 is 0 Å². The van der Waals surface area contributed by atoms with E-state index in [2.05, 4.69) is 6.92 Å².